The zero-order valence-electron chi connectivity index (χ0n) is 20.6. The van der Waals surface area contributed by atoms with E-state index in [1.807, 2.05) is 0 Å². The number of imide groups is 1. The number of hydrogen-bond donors (Lipinski definition) is 1. The smallest absolute Gasteiger partial charge is 0.423 e. The molecule has 0 saturated carbocycles. The molecule has 1 aromatic carbocycles. The largest absolute Gasteiger partial charge is 0.449 e. The number of nitrogens with one attached hydrogen (secondary N) is 1. The topological polar surface area (TPSA) is 112 Å². The molecule has 0 aliphatic rings. The van der Waals surface area contributed by atoms with E-state index in [9.17, 15) is 14.4 Å². The summed E-state index contributed by atoms with van der Waals surface area (Å²) >= 11 is 3.31. The highest BCUT2D eigenvalue weighted by Crippen LogP contribution is 2.31. The molecule has 0 spiro atoms. The van der Waals surface area contributed by atoms with Gasteiger partial charge >= 0.3 is 18.3 Å². The lowest BCUT2D eigenvalue weighted by molar-refractivity contribution is 0.0445. The normalized spacial score (nSPS) is 12.9. The van der Waals surface area contributed by atoms with Gasteiger partial charge in [-0.05, 0) is 75.7 Å². The number of rotatable bonds is 7. The summed E-state index contributed by atoms with van der Waals surface area (Å²) in [5.41, 5.74) is -2.24. The predicted molar refractivity (Wildman–Crippen MR) is 130 cm³/mol. The van der Waals surface area contributed by atoms with Crippen LogP contribution in [-0.4, -0.2) is 46.9 Å². The van der Waals surface area contributed by atoms with E-state index in [-0.39, 0.29) is 31.0 Å². The van der Waals surface area contributed by atoms with Gasteiger partial charge in [0.05, 0.1) is 41.7 Å². The highest BCUT2D eigenvalue weighted by Gasteiger charge is 2.36. The first-order chi connectivity index (χ1) is 16.3. The van der Waals surface area contributed by atoms with Crippen LogP contribution in [0.2, 0.25) is 0 Å². The van der Waals surface area contributed by atoms with Gasteiger partial charge in [-0.25, -0.2) is 18.8 Å². The lowest BCUT2D eigenvalue weighted by Crippen LogP contribution is -2.49. The molecule has 192 valence electrons. The van der Waals surface area contributed by atoms with E-state index in [1.165, 1.54) is 16.8 Å². The fraction of sp³-hybridized carbons (Fsp3) is 0.478. The van der Waals surface area contributed by atoms with Gasteiger partial charge in [-0.3, -0.25) is 4.68 Å². The number of hydrogen-bond acceptors (Lipinski definition) is 7. The van der Waals surface area contributed by atoms with Crippen molar-refractivity contribution in [3.8, 4) is 0 Å². The second-order valence-corrected chi connectivity index (χ2v) is 9.63. The van der Waals surface area contributed by atoms with E-state index in [0.29, 0.717) is 9.37 Å². The Kier molecular flexibility index (Phi) is 9.24. The van der Waals surface area contributed by atoms with Gasteiger partial charge in [0.15, 0.2) is 0 Å². The molecule has 35 heavy (non-hydrogen) atoms. The molecule has 0 aliphatic carbocycles. The maximum Gasteiger partial charge on any atom is 0.423 e. The molecule has 1 atom stereocenters. The second-order valence-electron chi connectivity index (χ2n) is 8.71. The maximum absolute atomic E-state index is 15.2. The van der Waals surface area contributed by atoms with Crippen molar-refractivity contribution in [1.82, 2.24) is 15.1 Å². The Labute approximate surface area is 211 Å². The van der Waals surface area contributed by atoms with E-state index < -0.39 is 35.2 Å². The zero-order valence-corrected chi connectivity index (χ0v) is 22.1. The molecule has 1 N–H and O–H groups in total. The summed E-state index contributed by atoms with van der Waals surface area (Å²) in [6.45, 7) is 9.86. The molecule has 0 fully saturated rings. The molecule has 3 amide bonds. The van der Waals surface area contributed by atoms with Crippen LogP contribution in [0.1, 0.15) is 47.1 Å². The van der Waals surface area contributed by atoms with Crippen molar-refractivity contribution in [2.24, 2.45) is 0 Å². The van der Waals surface area contributed by atoms with Gasteiger partial charge in [0, 0.05) is 11.8 Å². The Balaban J connectivity index is 2.59. The summed E-state index contributed by atoms with van der Waals surface area (Å²) in [6, 6.07) is 3.61. The number of carbonyl (C=O) groups excluding carboxylic acids is 3. The molecule has 0 radical (unpaired) electrons. The summed E-state index contributed by atoms with van der Waals surface area (Å²) < 4.78 is 32.8. The minimum atomic E-state index is -1.41. The molecule has 1 aromatic heterocycles. The van der Waals surface area contributed by atoms with Gasteiger partial charge in [0.1, 0.15) is 11.4 Å². The number of carbonyl (C=O) groups is 3. The molecular formula is C23H30BrFN4O6. The van der Waals surface area contributed by atoms with Crippen molar-refractivity contribution in [3.63, 3.8) is 0 Å². The summed E-state index contributed by atoms with van der Waals surface area (Å²) in [5, 5.41) is 6.91. The third kappa shape index (κ3) is 7.67. The Bertz CT molecular complexity index is 1050. The number of alkyl carbamates (subject to hydrolysis) is 1. The molecule has 12 heteroatoms. The fourth-order valence-corrected chi connectivity index (χ4v) is 3.53. The van der Waals surface area contributed by atoms with Crippen molar-refractivity contribution in [1.29, 1.82) is 0 Å². The van der Waals surface area contributed by atoms with Crippen LogP contribution in [0.15, 0.2) is 35.1 Å². The minimum Gasteiger partial charge on any atom is -0.449 e. The lowest BCUT2D eigenvalue weighted by Gasteiger charge is -2.33. The van der Waals surface area contributed by atoms with Gasteiger partial charge in [0.2, 0.25) is 0 Å². The summed E-state index contributed by atoms with van der Waals surface area (Å²) in [4.78, 5) is 38.4. The fourth-order valence-electron chi connectivity index (χ4n) is 3.21. The average molecular weight is 557 g/mol. The highest BCUT2D eigenvalue weighted by molar-refractivity contribution is 9.10. The molecular weight excluding hydrogens is 527 g/mol. The van der Waals surface area contributed by atoms with Crippen LogP contribution in [0.5, 0.6) is 0 Å². The molecule has 0 bridgehead atoms. The monoisotopic (exact) mass is 556 g/mol. The van der Waals surface area contributed by atoms with E-state index >= 15 is 4.39 Å². The van der Waals surface area contributed by atoms with E-state index in [2.05, 4.69) is 26.3 Å². The van der Waals surface area contributed by atoms with Crippen LogP contribution in [0.25, 0.3) is 0 Å². The first-order valence-electron chi connectivity index (χ1n) is 10.9. The number of nitrogens with zero attached hydrogens (tertiary/aromatic N) is 3. The van der Waals surface area contributed by atoms with Crippen LogP contribution < -0.4 is 10.2 Å². The molecule has 1 heterocycles. The predicted octanol–water partition coefficient (Wildman–Crippen LogP) is 5.34. The first-order valence-corrected chi connectivity index (χ1v) is 11.7. The third-order valence-corrected chi connectivity index (χ3v) is 4.97. The number of aromatic nitrogens is 2. The van der Waals surface area contributed by atoms with Crippen molar-refractivity contribution < 1.29 is 33.0 Å². The number of amides is 3. The molecule has 2 rings (SSSR count). The number of anilines is 1. The van der Waals surface area contributed by atoms with E-state index in [4.69, 9.17) is 14.2 Å². The highest BCUT2D eigenvalue weighted by atomic mass is 79.9. The van der Waals surface area contributed by atoms with Crippen LogP contribution in [-0.2, 0) is 26.3 Å². The summed E-state index contributed by atoms with van der Waals surface area (Å²) in [5.74, 6) is -0.689. The van der Waals surface area contributed by atoms with Gasteiger partial charge in [-0.15, -0.1) is 0 Å². The number of ether oxygens (including phenoxy) is 3. The van der Waals surface area contributed by atoms with Gasteiger partial charge in [-0.1, -0.05) is 0 Å². The Morgan fingerprint density at radius 2 is 1.71 bits per heavy atom. The van der Waals surface area contributed by atoms with Crippen molar-refractivity contribution >= 4 is 39.9 Å². The van der Waals surface area contributed by atoms with Gasteiger partial charge < -0.3 is 19.5 Å². The van der Waals surface area contributed by atoms with Crippen molar-refractivity contribution in [2.75, 3.05) is 18.1 Å². The van der Waals surface area contributed by atoms with E-state index in [0.717, 1.165) is 6.07 Å². The summed E-state index contributed by atoms with van der Waals surface area (Å²) in [7, 11) is 0. The third-order valence-electron chi connectivity index (χ3n) is 4.56. The maximum atomic E-state index is 15.2. The number of benzene rings is 1. The molecule has 1 unspecified atom stereocenters. The Morgan fingerprint density at radius 3 is 2.20 bits per heavy atom. The first kappa shape index (κ1) is 28.1. The minimum absolute atomic E-state index is 0.00263. The van der Waals surface area contributed by atoms with E-state index in [1.54, 1.807) is 53.9 Å². The standard InChI is InChI=1S/C23H30BrFN4O6/c1-7-33-20(31)29(21(32)34-8-2)16-9-10-18(25)17(11-16)23(6,14-28-13-15(24)12-26-28)27-19(30)35-22(3,4)5/h9-13H,7-8,14H2,1-6H3,(H,27,30). The Hall–Kier alpha value is -3.15. The Morgan fingerprint density at radius 1 is 1.11 bits per heavy atom. The lowest BCUT2D eigenvalue weighted by atomic mass is 9.90. The zero-order chi connectivity index (χ0) is 26.4. The number of halogens is 2. The molecule has 0 saturated heterocycles. The summed E-state index contributed by atoms with van der Waals surface area (Å²) in [6.07, 6.45) is 0.441. The van der Waals surface area contributed by atoms with Gasteiger partial charge in [-0.2, -0.15) is 10.00 Å². The SMILES string of the molecule is CCOC(=O)N(C(=O)OCC)c1ccc(F)c(C(C)(Cn2cc(Br)cn2)NC(=O)OC(C)(C)C)c1. The van der Waals surface area contributed by atoms with Crippen LogP contribution >= 0.6 is 15.9 Å². The van der Waals surface area contributed by atoms with Crippen LogP contribution in [0.4, 0.5) is 24.5 Å². The van der Waals surface area contributed by atoms with Crippen LogP contribution in [0, 0.1) is 5.82 Å². The molecule has 10 nitrogen and oxygen atoms in total. The molecule has 0 aliphatic heterocycles. The van der Waals surface area contributed by atoms with Crippen LogP contribution in [0.3, 0.4) is 0 Å². The van der Waals surface area contributed by atoms with Gasteiger partial charge in [0.25, 0.3) is 0 Å². The molecule has 2 aromatic rings. The van der Waals surface area contributed by atoms with Crippen molar-refractivity contribution in [2.45, 2.75) is 59.2 Å². The quantitative estimate of drug-likeness (QED) is 0.457. The van der Waals surface area contributed by atoms with Crippen molar-refractivity contribution in [3.05, 3.63) is 46.4 Å². The average Bonchev–Trinajstić information content (AvgIpc) is 3.12. The second kappa shape index (κ2) is 11.5.